The molecule has 1 heterocycles. The minimum absolute atomic E-state index is 0.0207. The highest BCUT2D eigenvalue weighted by Gasteiger charge is 2.34. The second-order valence-electron chi connectivity index (χ2n) is 6.20. The smallest absolute Gasteiger partial charge is 0.327 e. The van der Waals surface area contributed by atoms with Gasteiger partial charge in [0, 0.05) is 18.6 Å². The van der Waals surface area contributed by atoms with Crippen molar-refractivity contribution in [2.75, 3.05) is 30.8 Å². The van der Waals surface area contributed by atoms with Crippen LogP contribution >= 0.6 is 11.6 Å². The number of carbonyl (C=O) groups excluding carboxylic acids is 3. The second kappa shape index (κ2) is 8.09. The average molecular weight is 387 g/mol. The molecule has 27 heavy (non-hydrogen) atoms. The molecule has 1 aliphatic rings. The number of anilines is 2. The first-order valence-corrected chi connectivity index (χ1v) is 8.74. The van der Waals surface area contributed by atoms with E-state index >= 15 is 0 Å². The molecular formula is C19H19ClN4O3. The summed E-state index contributed by atoms with van der Waals surface area (Å²) in [6.07, 6.45) is 0. The lowest BCUT2D eigenvalue weighted by Crippen LogP contribution is -2.38. The maximum Gasteiger partial charge on any atom is 0.327 e. The molecule has 1 aliphatic heterocycles. The fourth-order valence-electron chi connectivity index (χ4n) is 2.72. The van der Waals surface area contributed by atoms with Crippen LogP contribution in [0.15, 0.2) is 48.5 Å². The van der Waals surface area contributed by atoms with Gasteiger partial charge in [0.1, 0.15) is 13.1 Å². The van der Waals surface area contributed by atoms with Crippen LogP contribution in [-0.2, 0) is 16.1 Å². The molecule has 2 N–H and O–H groups in total. The molecule has 0 aliphatic carbocycles. The van der Waals surface area contributed by atoms with Gasteiger partial charge in [-0.3, -0.25) is 14.5 Å². The molecule has 0 radical (unpaired) electrons. The minimum atomic E-state index is -0.483. The lowest BCUT2D eigenvalue weighted by molar-refractivity contribution is -0.129. The summed E-state index contributed by atoms with van der Waals surface area (Å²) < 4.78 is 0. The third-order valence-corrected chi connectivity index (χ3v) is 4.35. The van der Waals surface area contributed by atoms with Crippen molar-refractivity contribution in [3.05, 3.63) is 59.1 Å². The number of carbonyl (C=O) groups is 3. The zero-order chi connectivity index (χ0) is 19.4. The van der Waals surface area contributed by atoms with Crippen molar-refractivity contribution >= 4 is 40.8 Å². The summed E-state index contributed by atoms with van der Waals surface area (Å²) in [6.45, 7) is 0.207. The van der Waals surface area contributed by atoms with Crippen LogP contribution in [-0.4, -0.2) is 47.8 Å². The molecule has 0 spiro atoms. The van der Waals surface area contributed by atoms with Crippen molar-refractivity contribution in [1.29, 1.82) is 0 Å². The number of nitrogens with one attached hydrogen (secondary N) is 2. The number of rotatable bonds is 6. The van der Waals surface area contributed by atoms with Gasteiger partial charge in [-0.05, 0) is 23.8 Å². The van der Waals surface area contributed by atoms with E-state index in [9.17, 15) is 14.4 Å². The van der Waals surface area contributed by atoms with Gasteiger partial charge < -0.3 is 15.5 Å². The van der Waals surface area contributed by atoms with Crippen molar-refractivity contribution in [2.24, 2.45) is 0 Å². The fraction of sp³-hybridized carbons (Fsp3) is 0.211. The molecule has 1 saturated heterocycles. The Morgan fingerprint density at radius 1 is 1.11 bits per heavy atom. The molecule has 0 saturated carbocycles. The number of hydrogen-bond acceptors (Lipinski definition) is 4. The van der Waals surface area contributed by atoms with Crippen LogP contribution in [0.25, 0.3) is 0 Å². The summed E-state index contributed by atoms with van der Waals surface area (Å²) in [7, 11) is 1.51. The number of benzene rings is 2. The Bertz CT molecular complexity index is 873. The number of hydrogen-bond donors (Lipinski definition) is 2. The van der Waals surface area contributed by atoms with Crippen LogP contribution in [0.3, 0.4) is 0 Å². The first-order valence-electron chi connectivity index (χ1n) is 8.36. The summed E-state index contributed by atoms with van der Waals surface area (Å²) >= 11 is 6.05. The van der Waals surface area contributed by atoms with E-state index in [-0.39, 0.29) is 13.1 Å². The van der Waals surface area contributed by atoms with E-state index in [1.54, 1.807) is 18.2 Å². The van der Waals surface area contributed by atoms with E-state index in [1.807, 2.05) is 30.3 Å². The molecule has 2 aromatic rings. The third kappa shape index (κ3) is 4.57. The Hall–Kier alpha value is -3.06. The molecule has 0 atom stereocenters. The number of amides is 4. The van der Waals surface area contributed by atoms with Crippen LogP contribution in [0.5, 0.6) is 0 Å². The summed E-state index contributed by atoms with van der Waals surface area (Å²) in [5, 5.41) is 6.43. The zero-order valence-corrected chi connectivity index (χ0v) is 15.5. The third-order valence-electron chi connectivity index (χ3n) is 4.11. The predicted molar refractivity (Wildman–Crippen MR) is 104 cm³/mol. The van der Waals surface area contributed by atoms with E-state index in [1.165, 1.54) is 11.9 Å². The van der Waals surface area contributed by atoms with Crippen molar-refractivity contribution in [2.45, 2.75) is 6.54 Å². The molecule has 2 aromatic carbocycles. The number of likely N-dealkylation sites (N-methyl/N-ethyl adjacent to an activating group) is 1. The standard InChI is InChI=1S/C19H19ClN4O3/c1-23-12-18(26)24(19(23)27)11-17(25)22-16-9-14(20)7-8-15(16)21-10-13-5-3-2-4-6-13/h2-9,21H,10-12H2,1H3,(H,22,25). The summed E-state index contributed by atoms with van der Waals surface area (Å²) in [5.74, 6) is -0.872. The van der Waals surface area contributed by atoms with Crippen molar-refractivity contribution < 1.29 is 14.4 Å². The molecule has 0 aromatic heterocycles. The molecule has 140 valence electrons. The summed E-state index contributed by atoms with van der Waals surface area (Å²) in [5.41, 5.74) is 2.25. The maximum atomic E-state index is 12.4. The largest absolute Gasteiger partial charge is 0.379 e. The Balaban J connectivity index is 1.68. The highest BCUT2D eigenvalue weighted by atomic mass is 35.5. The highest BCUT2D eigenvalue weighted by molar-refractivity contribution is 6.31. The molecule has 7 nitrogen and oxygen atoms in total. The Morgan fingerprint density at radius 2 is 1.85 bits per heavy atom. The first kappa shape index (κ1) is 18.7. The number of urea groups is 1. The monoisotopic (exact) mass is 386 g/mol. The summed E-state index contributed by atoms with van der Waals surface area (Å²) in [4.78, 5) is 38.3. The minimum Gasteiger partial charge on any atom is -0.379 e. The van der Waals surface area contributed by atoms with Crippen molar-refractivity contribution in [3.63, 3.8) is 0 Å². The first-order chi connectivity index (χ1) is 12.9. The van der Waals surface area contributed by atoms with Gasteiger partial charge in [-0.25, -0.2) is 4.79 Å². The lowest BCUT2D eigenvalue weighted by atomic mass is 10.2. The molecule has 0 unspecified atom stereocenters. The van der Waals surface area contributed by atoms with Gasteiger partial charge in [0.25, 0.3) is 5.91 Å². The Labute approximate surface area is 161 Å². The Morgan fingerprint density at radius 3 is 2.52 bits per heavy atom. The van der Waals surface area contributed by atoms with E-state index in [2.05, 4.69) is 10.6 Å². The molecule has 3 rings (SSSR count). The number of imide groups is 1. The van der Waals surface area contributed by atoms with E-state index in [4.69, 9.17) is 11.6 Å². The molecule has 1 fully saturated rings. The highest BCUT2D eigenvalue weighted by Crippen LogP contribution is 2.26. The van der Waals surface area contributed by atoms with Crippen LogP contribution in [0.2, 0.25) is 5.02 Å². The maximum absolute atomic E-state index is 12.4. The molecule has 0 bridgehead atoms. The van der Waals surface area contributed by atoms with Crippen LogP contribution in [0.1, 0.15) is 5.56 Å². The van der Waals surface area contributed by atoms with Crippen molar-refractivity contribution in [3.8, 4) is 0 Å². The Kier molecular flexibility index (Phi) is 5.61. The van der Waals surface area contributed by atoms with Crippen LogP contribution in [0, 0.1) is 0 Å². The zero-order valence-electron chi connectivity index (χ0n) is 14.7. The van der Waals surface area contributed by atoms with E-state index < -0.39 is 17.8 Å². The van der Waals surface area contributed by atoms with E-state index in [0.29, 0.717) is 22.9 Å². The van der Waals surface area contributed by atoms with Gasteiger partial charge in [0.15, 0.2) is 0 Å². The number of halogens is 1. The molecule has 4 amide bonds. The van der Waals surface area contributed by atoms with E-state index in [0.717, 1.165) is 10.5 Å². The van der Waals surface area contributed by atoms with Gasteiger partial charge in [-0.1, -0.05) is 41.9 Å². The quantitative estimate of drug-likeness (QED) is 0.748. The van der Waals surface area contributed by atoms with Gasteiger partial charge in [0.05, 0.1) is 11.4 Å². The predicted octanol–water partition coefficient (Wildman–Crippen LogP) is 2.78. The van der Waals surface area contributed by atoms with Gasteiger partial charge in [0.2, 0.25) is 5.91 Å². The lowest BCUT2D eigenvalue weighted by Gasteiger charge is -2.16. The second-order valence-corrected chi connectivity index (χ2v) is 6.63. The van der Waals surface area contributed by atoms with Crippen molar-refractivity contribution in [1.82, 2.24) is 9.80 Å². The normalized spacial score (nSPS) is 13.9. The topological polar surface area (TPSA) is 81.8 Å². The summed E-state index contributed by atoms with van der Waals surface area (Å²) in [6, 6.07) is 14.4. The van der Waals surface area contributed by atoms with Gasteiger partial charge in [-0.2, -0.15) is 0 Å². The van der Waals surface area contributed by atoms with Crippen LogP contribution in [0.4, 0.5) is 16.2 Å². The van der Waals surface area contributed by atoms with Gasteiger partial charge >= 0.3 is 6.03 Å². The SMILES string of the molecule is CN1CC(=O)N(CC(=O)Nc2cc(Cl)ccc2NCc2ccccc2)C1=O. The number of nitrogens with zero attached hydrogens (tertiary/aromatic N) is 2. The average Bonchev–Trinajstić information content (AvgIpc) is 2.88. The van der Waals surface area contributed by atoms with Gasteiger partial charge in [-0.15, -0.1) is 0 Å². The fourth-order valence-corrected chi connectivity index (χ4v) is 2.90. The molecule has 8 heteroatoms. The molecular weight excluding hydrogens is 368 g/mol. The van der Waals surface area contributed by atoms with Crippen LogP contribution < -0.4 is 10.6 Å².